The van der Waals surface area contributed by atoms with Crippen LogP contribution in [-0.4, -0.2) is 12.6 Å². The zero-order chi connectivity index (χ0) is 14.6. The fourth-order valence-electron chi connectivity index (χ4n) is 4.36. The first-order chi connectivity index (χ1) is 10.4. The van der Waals surface area contributed by atoms with Gasteiger partial charge in [0.25, 0.3) is 0 Å². The van der Waals surface area contributed by atoms with Crippen molar-refractivity contribution in [2.24, 2.45) is 5.92 Å². The van der Waals surface area contributed by atoms with Crippen LogP contribution in [0.25, 0.3) is 0 Å². The Morgan fingerprint density at radius 3 is 1.62 bits per heavy atom. The van der Waals surface area contributed by atoms with Gasteiger partial charge in [0.2, 0.25) is 0 Å². The van der Waals surface area contributed by atoms with E-state index < -0.39 is 0 Å². The van der Waals surface area contributed by atoms with Crippen LogP contribution in [0.4, 0.5) is 0 Å². The van der Waals surface area contributed by atoms with E-state index in [1.54, 1.807) is 0 Å². The zero-order valence-corrected chi connectivity index (χ0v) is 14.4. The third-order valence-electron chi connectivity index (χ3n) is 5.80. The molecule has 124 valence electrons. The van der Waals surface area contributed by atoms with Crippen molar-refractivity contribution in [3.05, 3.63) is 0 Å². The first kappa shape index (κ1) is 17.3. The van der Waals surface area contributed by atoms with Crippen LogP contribution in [-0.2, 0) is 0 Å². The highest BCUT2D eigenvalue weighted by Gasteiger charge is 2.14. The van der Waals surface area contributed by atoms with Gasteiger partial charge in [-0.1, -0.05) is 83.5 Å². The molecule has 0 amide bonds. The lowest BCUT2D eigenvalue weighted by atomic mass is 9.97. The van der Waals surface area contributed by atoms with Gasteiger partial charge in [-0.2, -0.15) is 0 Å². The molecule has 0 radical (unpaired) electrons. The fourth-order valence-corrected chi connectivity index (χ4v) is 4.36. The summed E-state index contributed by atoms with van der Waals surface area (Å²) in [5.41, 5.74) is 0. The SMILES string of the molecule is C1CCCCCC(NCCCC2CCCC2)CCCCC1. The summed E-state index contributed by atoms with van der Waals surface area (Å²) in [6.45, 7) is 1.28. The molecule has 0 spiro atoms. The van der Waals surface area contributed by atoms with E-state index in [-0.39, 0.29) is 0 Å². The largest absolute Gasteiger partial charge is 0.314 e. The molecule has 1 heteroatoms. The lowest BCUT2D eigenvalue weighted by Gasteiger charge is -2.20. The van der Waals surface area contributed by atoms with E-state index in [1.165, 1.54) is 116 Å². The lowest BCUT2D eigenvalue weighted by molar-refractivity contribution is 0.389. The third-order valence-corrected chi connectivity index (χ3v) is 5.80. The van der Waals surface area contributed by atoms with E-state index in [4.69, 9.17) is 0 Å². The molecule has 1 N–H and O–H groups in total. The van der Waals surface area contributed by atoms with Gasteiger partial charge in [0.05, 0.1) is 0 Å². The molecular weight excluding hydrogens is 254 g/mol. The van der Waals surface area contributed by atoms with Crippen molar-refractivity contribution < 1.29 is 0 Å². The molecule has 0 unspecified atom stereocenters. The number of rotatable bonds is 5. The number of hydrogen-bond acceptors (Lipinski definition) is 1. The summed E-state index contributed by atoms with van der Waals surface area (Å²) in [7, 11) is 0. The maximum absolute atomic E-state index is 3.90. The second-order valence-electron chi connectivity index (χ2n) is 7.70. The Morgan fingerprint density at radius 2 is 1.05 bits per heavy atom. The zero-order valence-electron chi connectivity index (χ0n) is 14.4. The monoisotopic (exact) mass is 293 g/mol. The molecule has 0 aromatic heterocycles. The molecule has 0 aromatic rings. The maximum Gasteiger partial charge on any atom is 0.00670 e. The average Bonchev–Trinajstić information content (AvgIpc) is 2.99. The van der Waals surface area contributed by atoms with E-state index in [9.17, 15) is 0 Å². The molecule has 1 nitrogen and oxygen atoms in total. The minimum Gasteiger partial charge on any atom is -0.314 e. The van der Waals surface area contributed by atoms with E-state index >= 15 is 0 Å². The standard InChI is InChI=1S/C20H39N/c1-2-4-6-8-16-20(17-9-7-5-3-1)21-18-12-15-19-13-10-11-14-19/h19-21H,1-18H2. The highest BCUT2D eigenvalue weighted by atomic mass is 14.9. The minimum atomic E-state index is 0.827. The predicted octanol–water partition coefficient (Wildman–Crippen LogP) is 6.22. The highest BCUT2D eigenvalue weighted by Crippen LogP contribution is 2.28. The maximum atomic E-state index is 3.90. The second-order valence-corrected chi connectivity index (χ2v) is 7.70. The van der Waals surface area contributed by atoms with Gasteiger partial charge in [-0.25, -0.2) is 0 Å². The molecule has 0 aromatic carbocycles. The van der Waals surface area contributed by atoms with Crippen LogP contribution in [0.5, 0.6) is 0 Å². The first-order valence-electron chi connectivity index (χ1n) is 10.2. The summed E-state index contributed by atoms with van der Waals surface area (Å²) in [5, 5.41) is 3.90. The molecule has 0 atom stereocenters. The van der Waals surface area contributed by atoms with Crippen molar-refractivity contribution in [3.63, 3.8) is 0 Å². The summed E-state index contributed by atoms with van der Waals surface area (Å²) in [6.07, 6.45) is 25.1. The Kier molecular flexibility index (Phi) is 9.50. The molecule has 0 heterocycles. The molecule has 2 aliphatic rings. The van der Waals surface area contributed by atoms with Crippen LogP contribution in [0.3, 0.4) is 0 Å². The Balaban J connectivity index is 1.56. The van der Waals surface area contributed by atoms with Crippen molar-refractivity contribution in [2.75, 3.05) is 6.54 Å². The quantitative estimate of drug-likeness (QED) is 0.593. The summed E-state index contributed by atoms with van der Waals surface area (Å²) in [4.78, 5) is 0. The van der Waals surface area contributed by atoms with Crippen molar-refractivity contribution in [1.29, 1.82) is 0 Å². The molecule has 21 heavy (non-hydrogen) atoms. The third kappa shape index (κ3) is 8.24. The number of hydrogen-bond donors (Lipinski definition) is 1. The van der Waals surface area contributed by atoms with E-state index in [1.807, 2.05) is 0 Å². The van der Waals surface area contributed by atoms with E-state index in [0.29, 0.717) is 0 Å². The Hall–Kier alpha value is -0.0400. The molecule has 0 aliphatic heterocycles. The van der Waals surface area contributed by atoms with Gasteiger partial charge in [0.15, 0.2) is 0 Å². The van der Waals surface area contributed by atoms with E-state index in [0.717, 1.165) is 12.0 Å². The summed E-state index contributed by atoms with van der Waals surface area (Å²) < 4.78 is 0. The summed E-state index contributed by atoms with van der Waals surface area (Å²) in [6, 6.07) is 0.827. The van der Waals surface area contributed by atoms with Gasteiger partial charge in [-0.15, -0.1) is 0 Å². The first-order valence-corrected chi connectivity index (χ1v) is 10.2. The van der Waals surface area contributed by atoms with Crippen LogP contribution >= 0.6 is 0 Å². The Labute approximate surface area is 133 Å². The molecule has 2 fully saturated rings. The smallest absolute Gasteiger partial charge is 0.00670 e. The molecule has 0 saturated heterocycles. The van der Waals surface area contributed by atoms with Crippen LogP contribution in [0, 0.1) is 5.92 Å². The van der Waals surface area contributed by atoms with Crippen molar-refractivity contribution in [3.8, 4) is 0 Å². The normalized spacial score (nSPS) is 24.6. The van der Waals surface area contributed by atoms with Gasteiger partial charge in [-0.3, -0.25) is 0 Å². The Morgan fingerprint density at radius 1 is 0.571 bits per heavy atom. The van der Waals surface area contributed by atoms with Gasteiger partial charge < -0.3 is 5.32 Å². The summed E-state index contributed by atoms with van der Waals surface area (Å²) in [5.74, 6) is 1.07. The topological polar surface area (TPSA) is 12.0 Å². The Bertz CT molecular complexity index is 220. The second kappa shape index (κ2) is 11.5. The summed E-state index contributed by atoms with van der Waals surface area (Å²) >= 11 is 0. The van der Waals surface area contributed by atoms with Crippen LogP contribution in [0.1, 0.15) is 109 Å². The minimum absolute atomic E-state index is 0.827. The number of nitrogens with one attached hydrogen (secondary N) is 1. The lowest BCUT2D eigenvalue weighted by Crippen LogP contribution is -2.30. The average molecular weight is 294 g/mol. The van der Waals surface area contributed by atoms with Gasteiger partial charge in [-0.05, 0) is 38.1 Å². The van der Waals surface area contributed by atoms with Crippen molar-refractivity contribution in [2.45, 2.75) is 115 Å². The van der Waals surface area contributed by atoms with Gasteiger partial charge in [0.1, 0.15) is 0 Å². The molecule has 2 aliphatic carbocycles. The molecule has 0 bridgehead atoms. The highest BCUT2D eigenvalue weighted by molar-refractivity contribution is 4.71. The van der Waals surface area contributed by atoms with Gasteiger partial charge in [0, 0.05) is 6.04 Å². The molecular formula is C20H39N. The predicted molar refractivity (Wildman–Crippen MR) is 93.8 cm³/mol. The van der Waals surface area contributed by atoms with Crippen LogP contribution in [0.2, 0.25) is 0 Å². The molecule has 2 saturated carbocycles. The van der Waals surface area contributed by atoms with E-state index in [2.05, 4.69) is 5.32 Å². The van der Waals surface area contributed by atoms with Crippen LogP contribution < -0.4 is 5.32 Å². The molecule has 2 rings (SSSR count). The van der Waals surface area contributed by atoms with Crippen LogP contribution in [0.15, 0.2) is 0 Å². The van der Waals surface area contributed by atoms with Gasteiger partial charge >= 0.3 is 0 Å². The fraction of sp³-hybridized carbons (Fsp3) is 1.00. The van der Waals surface area contributed by atoms with Crippen molar-refractivity contribution in [1.82, 2.24) is 5.32 Å². The van der Waals surface area contributed by atoms with Crippen molar-refractivity contribution >= 4 is 0 Å².